The van der Waals surface area contributed by atoms with Crippen LogP contribution in [0.3, 0.4) is 0 Å². The Hall–Kier alpha value is -0.870. The van der Waals surface area contributed by atoms with Crippen molar-refractivity contribution in [3.63, 3.8) is 0 Å². The number of Topliss-reactive ketones (excluding diaryl/α,β-unsaturated/α-hetero) is 1. The summed E-state index contributed by atoms with van der Waals surface area (Å²) in [6, 6.07) is 8.12. The number of hydrogen-bond acceptors (Lipinski definition) is 3. The molecule has 0 unspecified atom stereocenters. The minimum Gasteiger partial charge on any atom is -0.291 e. The summed E-state index contributed by atoms with van der Waals surface area (Å²) in [5, 5.41) is 0. The highest BCUT2D eigenvalue weighted by Crippen LogP contribution is 2.26. The van der Waals surface area contributed by atoms with Gasteiger partial charge in [0.05, 0.1) is 0 Å². The van der Waals surface area contributed by atoms with Gasteiger partial charge in [-0.05, 0) is 6.92 Å². The van der Waals surface area contributed by atoms with Crippen LogP contribution >= 0.6 is 11.6 Å². The van der Waals surface area contributed by atoms with E-state index in [4.69, 9.17) is 11.6 Å². The molecule has 82 valence electrons. The molecule has 0 aliphatic heterocycles. The van der Waals surface area contributed by atoms with Crippen molar-refractivity contribution in [2.24, 2.45) is 0 Å². The first kappa shape index (κ1) is 12.2. The Morgan fingerprint density at radius 1 is 1.27 bits per heavy atom. The molecule has 0 amide bonds. The van der Waals surface area contributed by atoms with Crippen molar-refractivity contribution in [2.45, 2.75) is 11.1 Å². The van der Waals surface area contributed by atoms with Crippen LogP contribution in [0.2, 0.25) is 0 Å². The summed E-state index contributed by atoms with van der Waals surface area (Å²) in [6.45, 7) is 1.19. The van der Waals surface area contributed by atoms with Crippen molar-refractivity contribution < 1.29 is 13.2 Å². The van der Waals surface area contributed by atoms with Gasteiger partial charge in [-0.25, -0.2) is 8.42 Å². The van der Waals surface area contributed by atoms with Gasteiger partial charge in [-0.3, -0.25) is 4.79 Å². The van der Waals surface area contributed by atoms with Gasteiger partial charge >= 0.3 is 0 Å². The number of sulfone groups is 1. The molecule has 1 rings (SSSR count). The lowest BCUT2D eigenvalue weighted by Gasteiger charge is -2.18. The van der Waals surface area contributed by atoms with Crippen molar-refractivity contribution in [2.75, 3.05) is 6.26 Å². The van der Waals surface area contributed by atoms with Gasteiger partial charge in [-0.1, -0.05) is 41.9 Å². The number of rotatable bonds is 3. The van der Waals surface area contributed by atoms with Gasteiger partial charge in [0.1, 0.15) is 0 Å². The molecule has 0 aromatic heterocycles. The number of benzene rings is 1. The van der Waals surface area contributed by atoms with Gasteiger partial charge in [-0.15, -0.1) is 0 Å². The van der Waals surface area contributed by atoms with Crippen LogP contribution in [-0.4, -0.2) is 24.7 Å². The van der Waals surface area contributed by atoms with Crippen LogP contribution in [0.4, 0.5) is 0 Å². The SMILES string of the molecule is C[C@](Cl)(C(=O)c1ccccc1)S(C)(=O)=O. The number of alkyl halides is 1. The maximum atomic E-state index is 11.8. The quantitative estimate of drug-likeness (QED) is 0.604. The summed E-state index contributed by atoms with van der Waals surface area (Å²) in [5.41, 5.74) is 0.292. The second-order valence-corrected chi connectivity index (χ2v) is 6.72. The highest BCUT2D eigenvalue weighted by Gasteiger charge is 2.41. The van der Waals surface area contributed by atoms with E-state index in [-0.39, 0.29) is 0 Å². The zero-order valence-electron chi connectivity index (χ0n) is 8.40. The van der Waals surface area contributed by atoms with Crippen LogP contribution in [-0.2, 0) is 9.84 Å². The molecule has 0 N–H and O–H groups in total. The molecule has 0 radical (unpaired) electrons. The third kappa shape index (κ3) is 2.38. The largest absolute Gasteiger partial charge is 0.291 e. The van der Waals surface area contributed by atoms with E-state index < -0.39 is 19.8 Å². The Labute approximate surface area is 94.0 Å². The van der Waals surface area contributed by atoms with E-state index in [2.05, 4.69) is 0 Å². The van der Waals surface area contributed by atoms with Crippen LogP contribution in [0.1, 0.15) is 17.3 Å². The lowest BCUT2D eigenvalue weighted by Crippen LogP contribution is -2.37. The molecule has 0 saturated heterocycles. The summed E-state index contributed by atoms with van der Waals surface area (Å²) < 4.78 is 20.7. The summed E-state index contributed by atoms with van der Waals surface area (Å²) in [5.74, 6) is -0.604. The van der Waals surface area contributed by atoms with E-state index in [0.29, 0.717) is 5.56 Å². The molecule has 5 heteroatoms. The molecule has 1 atom stereocenters. The molecule has 0 heterocycles. The summed E-state index contributed by atoms with van der Waals surface area (Å²) in [7, 11) is -3.63. The Kier molecular flexibility index (Phi) is 3.21. The van der Waals surface area contributed by atoms with Crippen molar-refractivity contribution in [1.82, 2.24) is 0 Å². The molecule has 0 bridgehead atoms. The predicted molar refractivity (Wildman–Crippen MR) is 59.9 cm³/mol. The minimum absolute atomic E-state index is 0.292. The van der Waals surface area contributed by atoms with E-state index in [1.54, 1.807) is 18.2 Å². The number of hydrogen-bond donors (Lipinski definition) is 0. The van der Waals surface area contributed by atoms with Crippen LogP contribution in [0, 0.1) is 0 Å². The van der Waals surface area contributed by atoms with Crippen LogP contribution in [0.15, 0.2) is 30.3 Å². The van der Waals surface area contributed by atoms with Crippen LogP contribution in [0.25, 0.3) is 0 Å². The highest BCUT2D eigenvalue weighted by atomic mass is 35.5. The molecule has 3 nitrogen and oxygen atoms in total. The first-order valence-electron chi connectivity index (χ1n) is 4.25. The second-order valence-electron chi connectivity index (χ2n) is 3.38. The average molecular weight is 247 g/mol. The van der Waals surface area contributed by atoms with Crippen molar-refractivity contribution in [3.8, 4) is 0 Å². The number of carbonyl (C=O) groups is 1. The Morgan fingerprint density at radius 2 is 1.73 bits per heavy atom. The molecule has 1 aromatic rings. The van der Waals surface area contributed by atoms with Crippen molar-refractivity contribution >= 4 is 27.2 Å². The molecular weight excluding hydrogens is 236 g/mol. The first-order chi connectivity index (χ1) is 6.77. The van der Waals surface area contributed by atoms with E-state index >= 15 is 0 Å². The zero-order valence-corrected chi connectivity index (χ0v) is 9.97. The topological polar surface area (TPSA) is 51.2 Å². The van der Waals surface area contributed by atoms with Crippen molar-refractivity contribution in [3.05, 3.63) is 35.9 Å². The van der Waals surface area contributed by atoms with E-state index in [1.165, 1.54) is 19.1 Å². The molecule has 15 heavy (non-hydrogen) atoms. The predicted octanol–water partition coefficient (Wildman–Crippen LogP) is 1.87. The molecule has 0 fully saturated rings. The number of halogens is 1. The average Bonchev–Trinajstić information content (AvgIpc) is 2.16. The van der Waals surface area contributed by atoms with Gasteiger partial charge in [0, 0.05) is 11.8 Å². The highest BCUT2D eigenvalue weighted by molar-refractivity contribution is 7.94. The van der Waals surface area contributed by atoms with Gasteiger partial charge in [0.2, 0.25) is 4.21 Å². The van der Waals surface area contributed by atoms with Gasteiger partial charge in [0.15, 0.2) is 15.6 Å². The van der Waals surface area contributed by atoms with Gasteiger partial charge in [0.25, 0.3) is 0 Å². The molecule has 0 spiro atoms. The Balaban J connectivity index is 3.17. The monoisotopic (exact) mass is 246 g/mol. The number of carbonyl (C=O) groups excluding carboxylic acids is 1. The summed E-state index contributed by atoms with van der Waals surface area (Å²) in [4.78, 5) is 11.8. The van der Waals surface area contributed by atoms with E-state index in [0.717, 1.165) is 6.26 Å². The fraction of sp³-hybridized carbons (Fsp3) is 0.300. The molecule has 0 saturated carbocycles. The zero-order chi connectivity index (χ0) is 11.7. The van der Waals surface area contributed by atoms with E-state index in [9.17, 15) is 13.2 Å². The molecule has 0 aliphatic carbocycles. The molecule has 1 aromatic carbocycles. The van der Waals surface area contributed by atoms with E-state index in [1.807, 2.05) is 0 Å². The van der Waals surface area contributed by atoms with Gasteiger partial charge in [-0.2, -0.15) is 0 Å². The fourth-order valence-electron chi connectivity index (χ4n) is 1.02. The summed E-state index contributed by atoms with van der Waals surface area (Å²) in [6.07, 6.45) is 0.945. The Bertz CT molecular complexity index is 463. The first-order valence-corrected chi connectivity index (χ1v) is 6.52. The van der Waals surface area contributed by atoms with Gasteiger partial charge < -0.3 is 0 Å². The third-order valence-corrected chi connectivity index (χ3v) is 4.73. The van der Waals surface area contributed by atoms with Crippen LogP contribution < -0.4 is 0 Å². The standard InChI is InChI=1S/C10H11ClO3S/c1-10(11,15(2,13)14)9(12)8-6-4-3-5-7-8/h3-7H,1-2H3/t10-/m1/s1. The minimum atomic E-state index is -3.63. The normalized spacial score (nSPS) is 15.7. The lowest BCUT2D eigenvalue weighted by atomic mass is 10.1. The fourth-order valence-corrected chi connectivity index (χ4v) is 1.58. The number of ketones is 1. The smallest absolute Gasteiger partial charge is 0.204 e. The molecule has 0 aliphatic rings. The van der Waals surface area contributed by atoms with Crippen molar-refractivity contribution in [1.29, 1.82) is 0 Å². The molecular formula is C10H11ClO3S. The maximum Gasteiger partial charge on any atom is 0.204 e. The lowest BCUT2D eigenvalue weighted by molar-refractivity contribution is 0.0978. The Morgan fingerprint density at radius 3 is 2.13 bits per heavy atom. The second kappa shape index (κ2) is 3.94. The van der Waals surface area contributed by atoms with Crippen LogP contribution in [0.5, 0.6) is 0 Å². The maximum absolute atomic E-state index is 11.8. The summed E-state index contributed by atoms with van der Waals surface area (Å²) >= 11 is 5.76. The third-order valence-electron chi connectivity index (χ3n) is 2.14.